The minimum Gasteiger partial charge on any atom is -0.504 e. The van der Waals surface area contributed by atoms with Crippen LogP contribution in [-0.4, -0.2) is 35.3 Å². The third-order valence-electron chi connectivity index (χ3n) is 9.48. The Morgan fingerprint density at radius 2 is 1.32 bits per heavy atom. The van der Waals surface area contributed by atoms with Gasteiger partial charge in [-0.3, -0.25) is 29.0 Å². The number of fused-ring (bicyclic) bond motifs is 4. The Balaban J connectivity index is 1.35. The number of phenols is 1. The molecule has 10 heteroatoms. The van der Waals surface area contributed by atoms with Crippen LogP contribution < -0.4 is 14.5 Å². The van der Waals surface area contributed by atoms with E-state index in [-0.39, 0.29) is 35.8 Å². The van der Waals surface area contributed by atoms with E-state index in [1.54, 1.807) is 42.5 Å². The zero-order valence-electron chi connectivity index (χ0n) is 23.7. The van der Waals surface area contributed by atoms with Crippen molar-refractivity contribution >= 4 is 80.2 Å². The molecule has 7 rings (SSSR count). The van der Waals surface area contributed by atoms with Crippen molar-refractivity contribution in [1.82, 2.24) is 0 Å². The Morgan fingerprint density at radius 1 is 0.750 bits per heavy atom. The number of hydrogen-bond acceptors (Lipinski definition) is 6. The van der Waals surface area contributed by atoms with Crippen LogP contribution in [0.5, 0.6) is 11.5 Å². The summed E-state index contributed by atoms with van der Waals surface area (Å²) >= 11 is 4.36. The summed E-state index contributed by atoms with van der Waals surface area (Å²) in [7, 11) is 0. The molecule has 44 heavy (non-hydrogen) atoms. The highest BCUT2D eigenvalue weighted by Gasteiger charge is 2.62. The highest BCUT2D eigenvalue weighted by Crippen LogP contribution is 2.59. The lowest BCUT2D eigenvalue weighted by Gasteiger charge is -2.44. The summed E-state index contributed by atoms with van der Waals surface area (Å²) < 4.78 is 7.66. The lowest BCUT2D eigenvalue weighted by molar-refractivity contribution is -0.126. The number of imide groups is 2. The second-order valence-corrected chi connectivity index (χ2v) is 14.1. The van der Waals surface area contributed by atoms with Gasteiger partial charge in [0.15, 0.2) is 11.5 Å². The van der Waals surface area contributed by atoms with E-state index in [1.165, 1.54) is 9.80 Å². The molecule has 8 nitrogen and oxygen atoms in total. The fourth-order valence-corrected chi connectivity index (χ4v) is 8.41. The Bertz CT molecular complexity index is 1740. The molecule has 0 unspecified atom stereocenters. The largest absolute Gasteiger partial charge is 0.504 e. The molecule has 6 atom stereocenters. The Hall–Kier alpha value is -3.26. The lowest BCUT2D eigenvalue weighted by Crippen LogP contribution is -2.43. The van der Waals surface area contributed by atoms with Crippen LogP contribution in [0.4, 0.5) is 11.4 Å². The van der Waals surface area contributed by atoms with Gasteiger partial charge >= 0.3 is 0 Å². The number of phenolic OH excluding ortho intramolecular Hbond substituents is 1. The quantitative estimate of drug-likeness (QED) is 0.192. The second kappa shape index (κ2) is 11.3. The second-order valence-electron chi connectivity index (χ2n) is 11.6. The highest BCUT2D eigenvalue weighted by molar-refractivity contribution is 14.1. The molecule has 1 N–H and O–H groups in total. The summed E-state index contributed by atoms with van der Waals surface area (Å²) in [6.07, 6.45) is 2.59. The van der Waals surface area contributed by atoms with E-state index >= 15 is 0 Å². The van der Waals surface area contributed by atoms with Crippen molar-refractivity contribution in [2.75, 3.05) is 16.4 Å². The van der Waals surface area contributed by atoms with Crippen LogP contribution in [0.25, 0.3) is 0 Å². The first-order valence-electron chi connectivity index (χ1n) is 14.6. The molecule has 0 aromatic heterocycles. The van der Waals surface area contributed by atoms with Crippen molar-refractivity contribution in [2.45, 2.75) is 25.7 Å². The lowest BCUT2D eigenvalue weighted by atomic mass is 9.57. The topological polar surface area (TPSA) is 104 Å². The number of amides is 4. The van der Waals surface area contributed by atoms with E-state index in [1.807, 2.05) is 37.3 Å². The molecule has 0 radical (unpaired) electrons. The molecule has 2 aliphatic heterocycles. The summed E-state index contributed by atoms with van der Waals surface area (Å²) in [4.78, 5) is 58.8. The number of rotatable bonds is 5. The van der Waals surface area contributed by atoms with Gasteiger partial charge in [-0.15, -0.1) is 0 Å². The number of carbonyl (C=O) groups is 4. The number of carbonyl (C=O) groups excluding carboxylic acids is 4. The molecule has 1 saturated carbocycles. The van der Waals surface area contributed by atoms with Crippen LogP contribution in [0.15, 0.2) is 78.4 Å². The van der Waals surface area contributed by atoms with Gasteiger partial charge in [-0.05, 0) is 125 Å². The van der Waals surface area contributed by atoms with Gasteiger partial charge in [0.25, 0.3) is 0 Å². The fraction of sp³-hybridized carbons (Fsp3) is 0.294. The number of para-hydroxylation sites is 1. The average molecular weight is 814 g/mol. The zero-order valence-corrected chi connectivity index (χ0v) is 28.0. The standard InChI is InChI=1S/C34H28I2N2O6/c1-2-44-26-5-3-4-22(30(26)39)27-21-14-15-23-28(33(42)37(31(23)40)19-10-6-17(35)7-11-19)24(21)16-25-29(27)34(43)38(32(25)41)20-12-8-18(36)9-13-20/h3-14,23-25,27-29,39H,2,15-16H2,1H3/t23-,24+,25+,27+,28-,29+/m0/s1. The van der Waals surface area contributed by atoms with Crippen molar-refractivity contribution in [2.24, 2.45) is 29.6 Å². The Kier molecular flexibility index (Phi) is 7.54. The van der Waals surface area contributed by atoms with Crippen molar-refractivity contribution in [3.63, 3.8) is 0 Å². The van der Waals surface area contributed by atoms with Crippen LogP contribution in [-0.2, 0) is 19.2 Å². The van der Waals surface area contributed by atoms with E-state index in [9.17, 15) is 24.3 Å². The van der Waals surface area contributed by atoms with E-state index in [2.05, 4.69) is 45.2 Å². The molecule has 3 aromatic rings. The van der Waals surface area contributed by atoms with Crippen LogP contribution in [0.3, 0.4) is 0 Å². The fourth-order valence-electron chi connectivity index (χ4n) is 7.69. The molecule has 2 saturated heterocycles. The molecule has 4 amide bonds. The molecule has 224 valence electrons. The number of ether oxygens (including phenoxy) is 1. The number of aromatic hydroxyl groups is 1. The molecule has 0 bridgehead atoms. The molecule has 3 aromatic carbocycles. The number of hydrogen-bond donors (Lipinski definition) is 1. The normalized spacial score (nSPS) is 27.7. The predicted molar refractivity (Wildman–Crippen MR) is 180 cm³/mol. The van der Waals surface area contributed by atoms with Gasteiger partial charge in [0.1, 0.15) is 0 Å². The number of halogens is 2. The van der Waals surface area contributed by atoms with E-state index in [0.29, 0.717) is 35.7 Å². The summed E-state index contributed by atoms with van der Waals surface area (Å²) in [5.74, 6) is -4.81. The maximum Gasteiger partial charge on any atom is 0.238 e. The van der Waals surface area contributed by atoms with E-state index < -0.39 is 35.5 Å². The summed E-state index contributed by atoms with van der Waals surface area (Å²) in [5.41, 5.74) is 2.33. The number of nitrogens with zero attached hydrogens (tertiary/aromatic N) is 2. The molecular weight excluding hydrogens is 786 g/mol. The smallest absolute Gasteiger partial charge is 0.238 e. The first kappa shape index (κ1) is 29.5. The minimum atomic E-state index is -0.775. The molecule has 0 spiro atoms. The van der Waals surface area contributed by atoms with Crippen molar-refractivity contribution < 1.29 is 29.0 Å². The van der Waals surface area contributed by atoms with Crippen molar-refractivity contribution in [3.05, 3.63) is 91.1 Å². The van der Waals surface area contributed by atoms with Gasteiger partial charge in [0, 0.05) is 18.6 Å². The monoisotopic (exact) mass is 814 g/mol. The molecule has 2 aliphatic carbocycles. The first-order valence-corrected chi connectivity index (χ1v) is 16.8. The number of benzene rings is 3. The van der Waals surface area contributed by atoms with Gasteiger partial charge in [-0.1, -0.05) is 23.8 Å². The van der Waals surface area contributed by atoms with Crippen LogP contribution in [0.2, 0.25) is 0 Å². The van der Waals surface area contributed by atoms with Crippen LogP contribution >= 0.6 is 45.2 Å². The summed E-state index contributed by atoms with van der Waals surface area (Å²) in [6, 6.07) is 19.7. The maximum absolute atomic E-state index is 14.3. The molecular formula is C34H28I2N2O6. The summed E-state index contributed by atoms with van der Waals surface area (Å²) in [6.45, 7) is 2.16. The predicted octanol–water partition coefficient (Wildman–Crippen LogP) is 6.05. The Morgan fingerprint density at radius 3 is 1.91 bits per heavy atom. The maximum atomic E-state index is 14.3. The van der Waals surface area contributed by atoms with Crippen LogP contribution in [0.1, 0.15) is 31.2 Å². The van der Waals surface area contributed by atoms with Crippen molar-refractivity contribution in [3.8, 4) is 11.5 Å². The van der Waals surface area contributed by atoms with E-state index in [0.717, 1.165) is 12.7 Å². The number of anilines is 2. The summed E-state index contributed by atoms with van der Waals surface area (Å²) in [5, 5.41) is 11.4. The van der Waals surface area contributed by atoms with E-state index in [4.69, 9.17) is 4.74 Å². The third-order valence-corrected chi connectivity index (χ3v) is 10.9. The van der Waals surface area contributed by atoms with Gasteiger partial charge in [0.2, 0.25) is 23.6 Å². The average Bonchev–Trinajstić information content (AvgIpc) is 3.42. The van der Waals surface area contributed by atoms with Gasteiger partial charge in [-0.2, -0.15) is 0 Å². The molecule has 3 fully saturated rings. The first-order chi connectivity index (χ1) is 21.2. The highest BCUT2D eigenvalue weighted by atomic mass is 127. The van der Waals surface area contributed by atoms with Gasteiger partial charge in [-0.25, -0.2) is 0 Å². The van der Waals surface area contributed by atoms with Gasteiger partial charge < -0.3 is 9.84 Å². The third kappa shape index (κ3) is 4.50. The molecule has 2 heterocycles. The number of allylic oxidation sites excluding steroid dienone is 2. The van der Waals surface area contributed by atoms with Gasteiger partial charge in [0.05, 0.1) is 41.7 Å². The molecule has 4 aliphatic rings. The Labute approximate surface area is 281 Å². The zero-order chi connectivity index (χ0) is 30.9. The minimum absolute atomic E-state index is 0.0796. The van der Waals surface area contributed by atoms with Crippen molar-refractivity contribution in [1.29, 1.82) is 0 Å². The van der Waals surface area contributed by atoms with Crippen LogP contribution in [0, 0.1) is 36.7 Å². The SMILES string of the molecule is CCOc1cccc([C@H]2C3=CC[C@@H]4C(=O)N(c5ccc(I)cc5)C(=O)[C@@H]4[C@@H]3C[C@H]3C(=O)N(c4ccc(I)cc4)C(=O)[C@@H]23)c1O.